The number of para-hydroxylation sites is 1. The maximum absolute atomic E-state index is 13.7. The van der Waals surface area contributed by atoms with Gasteiger partial charge in [-0.15, -0.1) is 0 Å². The predicted molar refractivity (Wildman–Crippen MR) is 70.4 cm³/mol. The first-order chi connectivity index (χ1) is 9.65. The molecule has 1 heterocycles. The molecule has 4 nitrogen and oxygen atoms in total. The van der Waals surface area contributed by atoms with Gasteiger partial charge < -0.3 is 10.5 Å². The summed E-state index contributed by atoms with van der Waals surface area (Å²) >= 11 is 0. The van der Waals surface area contributed by atoms with Crippen molar-refractivity contribution < 1.29 is 13.5 Å². The van der Waals surface area contributed by atoms with Gasteiger partial charge in [0.15, 0.2) is 11.6 Å². The van der Waals surface area contributed by atoms with Crippen molar-refractivity contribution in [2.24, 2.45) is 0 Å². The first-order valence-electron chi connectivity index (χ1n) is 5.77. The van der Waals surface area contributed by atoms with Crippen molar-refractivity contribution in [3.63, 3.8) is 0 Å². The second-order valence-electron chi connectivity index (χ2n) is 4.10. The zero-order valence-corrected chi connectivity index (χ0v) is 10.2. The number of nitrogens with two attached hydrogens (primary N) is 1. The number of hydrogen-bond donors (Lipinski definition) is 1. The van der Waals surface area contributed by atoms with Gasteiger partial charge in [0.25, 0.3) is 0 Å². The van der Waals surface area contributed by atoms with Crippen LogP contribution >= 0.6 is 0 Å². The second-order valence-corrected chi connectivity index (χ2v) is 4.10. The van der Waals surface area contributed by atoms with E-state index in [1.165, 1.54) is 6.33 Å². The fourth-order valence-corrected chi connectivity index (χ4v) is 1.79. The van der Waals surface area contributed by atoms with Crippen LogP contribution in [0.1, 0.15) is 0 Å². The Labute approximate surface area is 112 Å². The monoisotopic (exact) mass is 273 g/mol. The second kappa shape index (κ2) is 4.73. The lowest BCUT2D eigenvalue weighted by atomic mass is 10.2. The predicted octanol–water partition coefficient (Wildman–Crippen LogP) is 3.28. The summed E-state index contributed by atoms with van der Waals surface area (Å²) in [6, 6.07) is 8.84. The van der Waals surface area contributed by atoms with Crippen LogP contribution in [-0.4, -0.2) is 9.97 Å². The van der Waals surface area contributed by atoms with Gasteiger partial charge >= 0.3 is 0 Å². The Bertz CT molecular complexity index is 787. The van der Waals surface area contributed by atoms with Crippen molar-refractivity contribution in [1.29, 1.82) is 0 Å². The molecular weight excluding hydrogens is 264 g/mol. The molecule has 20 heavy (non-hydrogen) atoms. The number of anilines is 1. The van der Waals surface area contributed by atoms with Gasteiger partial charge in [-0.05, 0) is 12.1 Å². The van der Waals surface area contributed by atoms with Gasteiger partial charge in [-0.1, -0.05) is 12.1 Å². The van der Waals surface area contributed by atoms with E-state index in [1.807, 2.05) is 6.07 Å². The minimum absolute atomic E-state index is 0.152. The van der Waals surface area contributed by atoms with Crippen LogP contribution in [0.5, 0.6) is 11.6 Å². The molecule has 0 radical (unpaired) electrons. The Balaban J connectivity index is 2.08. The quantitative estimate of drug-likeness (QED) is 0.728. The molecule has 3 rings (SSSR count). The topological polar surface area (TPSA) is 61.0 Å². The van der Waals surface area contributed by atoms with Crippen molar-refractivity contribution in [2.45, 2.75) is 0 Å². The highest BCUT2D eigenvalue weighted by Crippen LogP contribution is 2.30. The zero-order valence-electron chi connectivity index (χ0n) is 10.2. The third-order valence-corrected chi connectivity index (χ3v) is 2.76. The molecule has 0 spiro atoms. The molecule has 100 valence electrons. The number of fused-ring (bicyclic) bond motifs is 1. The third kappa shape index (κ3) is 2.11. The number of rotatable bonds is 2. The summed E-state index contributed by atoms with van der Waals surface area (Å²) in [6.45, 7) is 0. The van der Waals surface area contributed by atoms with Crippen LogP contribution in [0.2, 0.25) is 0 Å². The maximum atomic E-state index is 13.7. The lowest BCUT2D eigenvalue weighted by Gasteiger charge is -2.09. The molecule has 0 saturated carbocycles. The molecule has 0 amide bonds. The highest BCUT2D eigenvalue weighted by atomic mass is 19.1. The highest BCUT2D eigenvalue weighted by molar-refractivity contribution is 5.83. The van der Waals surface area contributed by atoms with E-state index >= 15 is 0 Å². The van der Waals surface area contributed by atoms with Gasteiger partial charge in [-0.3, -0.25) is 0 Å². The van der Waals surface area contributed by atoms with Crippen LogP contribution in [0.25, 0.3) is 10.9 Å². The summed E-state index contributed by atoms with van der Waals surface area (Å²) < 4.78 is 32.4. The molecular formula is C14H9F2N3O. The normalized spacial score (nSPS) is 10.7. The van der Waals surface area contributed by atoms with E-state index in [9.17, 15) is 8.78 Å². The number of hydrogen-bond acceptors (Lipinski definition) is 4. The van der Waals surface area contributed by atoms with Crippen LogP contribution in [-0.2, 0) is 0 Å². The van der Waals surface area contributed by atoms with Gasteiger partial charge in [0, 0.05) is 12.1 Å². The van der Waals surface area contributed by atoms with Gasteiger partial charge in [0.05, 0.1) is 16.6 Å². The first-order valence-corrected chi connectivity index (χ1v) is 5.77. The molecule has 0 saturated heterocycles. The van der Waals surface area contributed by atoms with Crippen LogP contribution in [0.3, 0.4) is 0 Å². The molecule has 0 unspecified atom stereocenters. The summed E-state index contributed by atoms with van der Waals surface area (Å²) in [7, 11) is 0. The Morgan fingerprint density at radius 2 is 1.80 bits per heavy atom. The summed E-state index contributed by atoms with van der Waals surface area (Å²) in [5.41, 5.74) is 5.65. The summed E-state index contributed by atoms with van der Waals surface area (Å²) in [5.74, 6) is -1.63. The van der Waals surface area contributed by atoms with Crippen molar-refractivity contribution in [2.75, 3.05) is 5.73 Å². The molecule has 1 aromatic heterocycles. The molecule has 0 aliphatic rings. The van der Waals surface area contributed by atoms with E-state index in [0.717, 1.165) is 12.1 Å². The Morgan fingerprint density at radius 3 is 2.65 bits per heavy atom. The maximum Gasteiger partial charge on any atom is 0.230 e. The van der Waals surface area contributed by atoms with E-state index in [1.54, 1.807) is 18.2 Å². The van der Waals surface area contributed by atoms with Crippen molar-refractivity contribution in [3.8, 4) is 11.6 Å². The zero-order chi connectivity index (χ0) is 14.1. The average molecular weight is 273 g/mol. The van der Waals surface area contributed by atoms with E-state index in [2.05, 4.69) is 9.97 Å². The molecule has 3 aromatic rings. The van der Waals surface area contributed by atoms with Crippen molar-refractivity contribution in [1.82, 2.24) is 9.97 Å². The average Bonchev–Trinajstić information content (AvgIpc) is 2.45. The molecule has 0 aliphatic heterocycles. The molecule has 6 heteroatoms. The summed E-state index contributed by atoms with van der Waals surface area (Å²) in [5, 5.41) is 0.603. The number of ether oxygens (including phenoxy) is 1. The lowest BCUT2D eigenvalue weighted by molar-refractivity contribution is 0.427. The number of halogens is 2. The van der Waals surface area contributed by atoms with Crippen LogP contribution in [0, 0.1) is 11.6 Å². The van der Waals surface area contributed by atoms with Crippen LogP contribution < -0.4 is 10.5 Å². The third-order valence-electron chi connectivity index (χ3n) is 2.76. The minimum Gasteiger partial charge on any atom is -0.435 e. The summed E-state index contributed by atoms with van der Waals surface area (Å²) in [6.07, 6.45) is 1.29. The largest absolute Gasteiger partial charge is 0.435 e. The molecule has 0 fully saturated rings. The van der Waals surface area contributed by atoms with Crippen LogP contribution in [0.15, 0.2) is 42.7 Å². The van der Waals surface area contributed by atoms with Gasteiger partial charge in [-0.2, -0.15) is 0 Å². The molecule has 2 aromatic carbocycles. The highest BCUT2D eigenvalue weighted by Gasteiger charge is 2.12. The smallest absolute Gasteiger partial charge is 0.230 e. The number of benzene rings is 2. The van der Waals surface area contributed by atoms with Crippen LogP contribution in [0.4, 0.5) is 14.5 Å². The Kier molecular flexibility index (Phi) is 2.90. The molecule has 0 atom stereocenters. The minimum atomic E-state index is -0.758. The number of aromatic nitrogens is 2. The van der Waals surface area contributed by atoms with Gasteiger partial charge in [0.1, 0.15) is 12.1 Å². The standard InChI is InChI=1S/C14H9F2N3O/c15-9-6-13(10(16)5-11(9)17)20-14-8-3-1-2-4-12(8)18-7-19-14/h1-7H,17H2. The summed E-state index contributed by atoms with van der Waals surface area (Å²) in [4.78, 5) is 8.00. The van der Waals surface area contributed by atoms with Gasteiger partial charge in [-0.25, -0.2) is 18.7 Å². The SMILES string of the molecule is Nc1cc(F)c(Oc2ncnc3ccccc23)cc1F. The lowest BCUT2D eigenvalue weighted by Crippen LogP contribution is -1.97. The molecule has 0 aliphatic carbocycles. The fraction of sp³-hybridized carbons (Fsp3) is 0. The Morgan fingerprint density at radius 1 is 1.00 bits per heavy atom. The van der Waals surface area contributed by atoms with E-state index < -0.39 is 11.6 Å². The first kappa shape index (κ1) is 12.3. The number of nitrogens with zero attached hydrogens (tertiary/aromatic N) is 2. The van der Waals surface area contributed by atoms with E-state index in [-0.39, 0.29) is 17.3 Å². The van der Waals surface area contributed by atoms with E-state index in [4.69, 9.17) is 10.5 Å². The van der Waals surface area contributed by atoms with E-state index in [0.29, 0.717) is 10.9 Å². The van der Waals surface area contributed by atoms with Crippen molar-refractivity contribution >= 4 is 16.6 Å². The molecule has 0 bridgehead atoms. The molecule has 2 N–H and O–H groups in total. The van der Waals surface area contributed by atoms with Crippen molar-refractivity contribution in [3.05, 3.63) is 54.4 Å². The number of nitrogen functional groups attached to an aromatic ring is 1. The Hall–Kier alpha value is -2.76. The fourth-order valence-electron chi connectivity index (χ4n) is 1.79. The van der Waals surface area contributed by atoms with Gasteiger partial charge in [0.2, 0.25) is 5.88 Å².